The topological polar surface area (TPSA) is 116 Å². The number of Topliss-reactive ketones (excluding diaryl/α,β-unsaturated/α-hetero) is 1. The highest BCUT2D eigenvalue weighted by Crippen LogP contribution is 2.17. The van der Waals surface area contributed by atoms with Crippen LogP contribution in [-0.4, -0.2) is 35.6 Å². The molecule has 0 unspecified atom stereocenters. The van der Waals surface area contributed by atoms with Gasteiger partial charge in [0, 0.05) is 14.1 Å². The Morgan fingerprint density at radius 3 is 2.72 bits per heavy atom. The van der Waals surface area contributed by atoms with E-state index in [1.165, 1.54) is 23.4 Å². The second-order valence-electron chi connectivity index (χ2n) is 5.54. The van der Waals surface area contributed by atoms with Crippen LogP contribution in [0.15, 0.2) is 25.4 Å². The molecule has 0 aliphatic carbocycles. The molecule has 0 amide bonds. The number of carbonyl (C=O) groups is 1. The fourth-order valence-electron chi connectivity index (χ4n) is 2.33. The zero-order valence-corrected chi connectivity index (χ0v) is 14.8. The van der Waals surface area contributed by atoms with Gasteiger partial charge in [-0.05, 0) is 6.42 Å². The van der Waals surface area contributed by atoms with Crippen molar-refractivity contribution < 1.29 is 9.21 Å². The van der Waals surface area contributed by atoms with Crippen LogP contribution in [0.2, 0.25) is 0 Å². The van der Waals surface area contributed by atoms with Crippen molar-refractivity contribution >= 4 is 28.7 Å². The molecule has 1 N–H and O–H groups in total. The lowest BCUT2D eigenvalue weighted by Crippen LogP contribution is -2.36. The van der Waals surface area contributed by atoms with Crippen molar-refractivity contribution in [2.45, 2.75) is 24.9 Å². The maximum absolute atomic E-state index is 12.1. The standard InChI is InChI=1S/C15H17N5O4S/c1-4-8-6-24-10(16-8)5-9(21)7-25-14-17-11-12(18-14)19(2)15(23)20(3)13(11)22/h6H,4-5,7H2,1-3H3,(H,17,18). The van der Waals surface area contributed by atoms with E-state index in [2.05, 4.69) is 15.0 Å². The minimum atomic E-state index is -0.452. The van der Waals surface area contributed by atoms with Gasteiger partial charge in [-0.3, -0.25) is 18.7 Å². The predicted octanol–water partition coefficient (Wildman–Crippen LogP) is 0.415. The summed E-state index contributed by atoms with van der Waals surface area (Å²) in [6.45, 7) is 1.96. The molecule has 9 nitrogen and oxygen atoms in total. The van der Waals surface area contributed by atoms with Gasteiger partial charge in [0.25, 0.3) is 5.56 Å². The molecule has 3 rings (SSSR count). The Bertz CT molecular complexity index is 1060. The molecule has 0 fully saturated rings. The summed E-state index contributed by atoms with van der Waals surface area (Å²) >= 11 is 1.17. The molecule has 3 aromatic rings. The molecule has 10 heteroatoms. The maximum Gasteiger partial charge on any atom is 0.332 e. The smallest absolute Gasteiger partial charge is 0.332 e. The Kier molecular flexibility index (Phi) is 4.62. The lowest BCUT2D eigenvalue weighted by atomic mass is 10.3. The van der Waals surface area contributed by atoms with Crippen molar-refractivity contribution in [1.82, 2.24) is 24.1 Å². The number of ketones is 1. The van der Waals surface area contributed by atoms with Crippen molar-refractivity contribution in [3.63, 3.8) is 0 Å². The lowest BCUT2D eigenvalue weighted by Gasteiger charge is -2.00. The summed E-state index contributed by atoms with van der Waals surface area (Å²) in [7, 11) is 2.95. The number of nitrogens with one attached hydrogen (secondary N) is 1. The number of imidazole rings is 1. The largest absolute Gasteiger partial charge is 0.448 e. The minimum absolute atomic E-state index is 0.0725. The third kappa shape index (κ3) is 3.29. The average Bonchev–Trinajstić information content (AvgIpc) is 3.23. The molecule has 25 heavy (non-hydrogen) atoms. The molecule has 0 saturated carbocycles. The van der Waals surface area contributed by atoms with Gasteiger partial charge in [0.15, 0.2) is 22.1 Å². The molecular formula is C15H17N5O4S. The molecule has 0 radical (unpaired) electrons. The number of aromatic nitrogens is 5. The maximum atomic E-state index is 12.1. The van der Waals surface area contributed by atoms with Crippen LogP contribution in [0.1, 0.15) is 18.5 Å². The SMILES string of the molecule is CCc1coc(CC(=O)CSc2nc3c([nH]2)c(=O)n(C)c(=O)n3C)n1. The molecule has 0 aliphatic heterocycles. The molecule has 3 aromatic heterocycles. The Labute approximate surface area is 146 Å². The van der Waals surface area contributed by atoms with E-state index in [-0.39, 0.29) is 29.1 Å². The molecule has 0 spiro atoms. The van der Waals surface area contributed by atoms with Crippen molar-refractivity contribution in [2.75, 3.05) is 5.75 Å². The van der Waals surface area contributed by atoms with Crippen molar-refractivity contribution in [2.24, 2.45) is 14.1 Å². The number of rotatable bonds is 6. The van der Waals surface area contributed by atoms with Crippen molar-refractivity contribution in [3.05, 3.63) is 38.7 Å². The van der Waals surface area contributed by atoms with Crippen molar-refractivity contribution in [1.29, 1.82) is 0 Å². The van der Waals surface area contributed by atoms with Gasteiger partial charge in [0.2, 0.25) is 5.89 Å². The number of aryl methyl sites for hydroxylation is 2. The number of oxazole rings is 1. The van der Waals surface area contributed by atoms with Gasteiger partial charge in [-0.15, -0.1) is 0 Å². The number of carbonyl (C=O) groups excluding carboxylic acids is 1. The highest BCUT2D eigenvalue weighted by Gasteiger charge is 2.15. The summed E-state index contributed by atoms with van der Waals surface area (Å²) in [6.07, 6.45) is 2.40. The van der Waals surface area contributed by atoms with Crippen LogP contribution in [0.5, 0.6) is 0 Å². The first-order chi connectivity index (χ1) is 11.9. The molecule has 0 aromatic carbocycles. The summed E-state index contributed by atoms with van der Waals surface area (Å²) in [5.74, 6) is 0.470. The Hall–Kier alpha value is -2.62. The summed E-state index contributed by atoms with van der Waals surface area (Å²) in [5, 5.41) is 0.406. The van der Waals surface area contributed by atoms with Crippen molar-refractivity contribution in [3.8, 4) is 0 Å². The molecule has 3 heterocycles. The van der Waals surface area contributed by atoms with E-state index < -0.39 is 11.2 Å². The third-order valence-corrected chi connectivity index (χ3v) is 4.69. The number of hydrogen-bond donors (Lipinski definition) is 1. The van der Waals surface area contributed by atoms with Crippen LogP contribution in [0.3, 0.4) is 0 Å². The van der Waals surface area contributed by atoms with Gasteiger partial charge >= 0.3 is 5.69 Å². The third-order valence-electron chi connectivity index (χ3n) is 3.75. The predicted molar refractivity (Wildman–Crippen MR) is 91.9 cm³/mol. The van der Waals surface area contributed by atoms with Gasteiger partial charge in [-0.2, -0.15) is 0 Å². The zero-order valence-electron chi connectivity index (χ0n) is 14.0. The van der Waals surface area contributed by atoms with Crippen LogP contribution >= 0.6 is 11.8 Å². The number of fused-ring (bicyclic) bond motifs is 1. The van der Waals surface area contributed by atoms with Crippen LogP contribution in [0.4, 0.5) is 0 Å². The van der Waals surface area contributed by atoms with E-state index in [1.807, 2.05) is 6.92 Å². The average molecular weight is 363 g/mol. The monoisotopic (exact) mass is 363 g/mol. The van der Waals surface area contributed by atoms with Gasteiger partial charge in [0.05, 0.1) is 17.9 Å². The number of thioether (sulfide) groups is 1. The first-order valence-electron chi connectivity index (χ1n) is 7.64. The molecule has 0 saturated heterocycles. The van der Waals surface area contributed by atoms with Crippen LogP contribution in [-0.2, 0) is 31.7 Å². The highest BCUT2D eigenvalue weighted by atomic mass is 32.2. The Balaban J connectivity index is 1.74. The quantitative estimate of drug-likeness (QED) is 0.631. The first-order valence-corrected chi connectivity index (χ1v) is 8.62. The summed E-state index contributed by atoms with van der Waals surface area (Å²) in [5.41, 5.74) is 0.413. The van der Waals surface area contributed by atoms with E-state index in [9.17, 15) is 14.4 Å². The Morgan fingerprint density at radius 2 is 2.04 bits per heavy atom. The van der Waals surface area contributed by atoms with Crippen LogP contribution < -0.4 is 11.2 Å². The molecular weight excluding hydrogens is 346 g/mol. The fourth-order valence-corrected chi connectivity index (χ4v) is 3.06. The van der Waals surface area contributed by atoms with Gasteiger partial charge < -0.3 is 9.40 Å². The molecule has 0 bridgehead atoms. The first kappa shape index (κ1) is 17.2. The van der Waals surface area contributed by atoms with Gasteiger partial charge in [-0.1, -0.05) is 18.7 Å². The summed E-state index contributed by atoms with van der Waals surface area (Å²) in [4.78, 5) is 47.4. The van der Waals surface area contributed by atoms with E-state index >= 15 is 0 Å². The summed E-state index contributed by atoms with van der Waals surface area (Å²) in [6, 6.07) is 0. The Morgan fingerprint density at radius 1 is 1.28 bits per heavy atom. The number of hydrogen-bond acceptors (Lipinski definition) is 7. The molecule has 132 valence electrons. The normalized spacial score (nSPS) is 11.3. The molecule has 0 aliphatic rings. The lowest BCUT2D eigenvalue weighted by molar-refractivity contribution is -0.116. The van der Waals surface area contributed by atoms with E-state index in [1.54, 1.807) is 13.3 Å². The number of H-pyrrole nitrogens is 1. The highest BCUT2D eigenvalue weighted by molar-refractivity contribution is 7.99. The molecule has 0 atom stereocenters. The zero-order chi connectivity index (χ0) is 18.1. The number of aromatic amines is 1. The summed E-state index contributed by atoms with van der Waals surface area (Å²) < 4.78 is 7.54. The second-order valence-corrected chi connectivity index (χ2v) is 6.50. The van der Waals surface area contributed by atoms with Gasteiger partial charge in [-0.25, -0.2) is 14.8 Å². The van der Waals surface area contributed by atoms with E-state index in [0.717, 1.165) is 16.7 Å². The second kappa shape index (κ2) is 6.71. The van der Waals surface area contributed by atoms with E-state index in [4.69, 9.17) is 4.42 Å². The van der Waals surface area contributed by atoms with E-state index in [0.29, 0.717) is 11.0 Å². The van der Waals surface area contributed by atoms with Gasteiger partial charge in [0.1, 0.15) is 6.26 Å². The minimum Gasteiger partial charge on any atom is -0.448 e. The van der Waals surface area contributed by atoms with Crippen LogP contribution in [0, 0.1) is 0 Å². The van der Waals surface area contributed by atoms with Crippen LogP contribution in [0.25, 0.3) is 11.2 Å². The number of nitrogens with zero attached hydrogens (tertiary/aromatic N) is 4. The fraction of sp³-hybridized carbons (Fsp3) is 0.400.